The number of carboxylic acids is 2. The molecule has 1 aliphatic heterocycles. The van der Waals surface area contributed by atoms with Crippen LogP contribution in [-0.2, 0) is 22.7 Å². The molecule has 2 aromatic carbocycles. The number of fused-ring (bicyclic) bond motifs is 1. The van der Waals surface area contributed by atoms with Gasteiger partial charge in [-0.05, 0) is 35.4 Å². The standard InChI is InChI=1S/C16H17NO3.C2H2O4/c1-18-14-4-2-3-12(7-14)9-17-10-13-5-6-15-16(8-13)20-11-19-15;3-1(4)2(5)6/h2-8,17H,9-11H2,1H3;(H,3,4)(H,5,6). The smallest absolute Gasteiger partial charge is 0.414 e. The van der Waals surface area contributed by atoms with Crippen LogP contribution in [0.15, 0.2) is 42.5 Å². The van der Waals surface area contributed by atoms with Gasteiger partial charge in [0.2, 0.25) is 6.79 Å². The third-order valence-electron chi connectivity index (χ3n) is 3.41. The van der Waals surface area contributed by atoms with E-state index in [1.165, 1.54) is 11.1 Å². The summed E-state index contributed by atoms with van der Waals surface area (Å²) in [5.74, 6) is -1.12. The van der Waals surface area contributed by atoms with Gasteiger partial charge < -0.3 is 29.7 Å². The van der Waals surface area contributed by atoms with Crippen LogP contribution in [0.1, 0.15) is 11.1 Å². The van der Waals surface area contributed by atoms with Crippen molar-refractivity contribution in [3.05, 3.63) is 53.6 Å². The molecule has 0 saturated carbocycles. The van der Waals surface area contributed by atoms with Gasteiger partial charge in [-0.2, -0.15) is 0 Å². The molecule has 2 aromatic rings. The highest BCUT2D eigenvalue weighted by molar-refractivity contribution is 6.27. The van der Waals surface area contributed by atoms with Gasteiger partial charge in [0.05, 0.1) is 7.11 Å². The molecule has 0 bridgehead atoms. The molecule has 3 rings (SSSR count). The van der Waals surface area contributed by atoms with Crippen molar-refractivity contribution in [1.29, 1.82) is 0 Å². The third-order valence-corrected chi connectivity index (χ3v) is 3.41. The van der Waals surface area contributed by atoms with Crippen molar-refractivity contribution in [2.24, 2.45) is 0 Å². The summed E-state index contributed by atoms with van der Waals surface area (Å²) >= 11 is 0. The summed E-state index contributed by atoms with van der Waals surface area (Å²) in [6, 6.07) is 14.1. The average molecular weight is 361 g/mol. The molecule has 0 saturated heterocycles. The van der Waals surface area contributed by atoms with Crippen LogP contribution < -0.4 is 19.5 Å². The Morgan fingerprint density at radius 1 is 1.00 bits per heavy atom. The first-order valence-corrected chi connectivity index (χ1v) is 7.68. The Hall–Kier alpha value is -3.26. The zero-order chi connectivity index (χ0) is 18.9. The largest absolute Gasteiger partial charge is 0.497 e. The molecule has 0 atom stereocenters. The van der Waals surface area contributed by atoms with E-state index < -0.39 is 11.9 Å². The number of methoxy groups -OCH3 is 1. The van der Waals surface area contributed by atoms with Crippen LogP contribution >= 0.6 is 0 Å². The maximum atomic E-state index is 9.10. The summed E-state index contributed by atoms with van der Waals surface area (Å²) < 4.78 is 15.9. The Balaban J connectivity index is 0.000000352. The molecule has 8 heteroatoms. The molecular formula is C18H19NO7. The van der Waals surface area contributed by atoms with Crippen LogP contribution in [0.5, 0.6) is 17.2 Å². The lowest BCUT2D eigenvalue weighted by molar-refractivity contribution is -0.159. The van der Waals surface area contributed by atoms with E-state index in [4.69, 9.17) is 34.0 Å². The highest BCUT2D eigenvalue weighted by Gasteiger charge is 2.12. The number of benzene rings is 2. The summed E-state index contributed by atoms with van der Waals surface area (Å²) in [6.07, 6.45) is 0. The molecule has 0 aromatic heterocycles. The van der Waals surface area contributed by atoms with E-state index in [2.05, 4.69) is 11.4 Å². The Bertz CT molecular complexity index is 764. The van der Waals surface area contributed by atoms with Gasteiger partial charge in [-0.1, -0.05) is 18.2 Å². The van der Waals surface area contributed by atoms with Crippen molar-refractivity contribution in [3.8, 4) is 17.2 Å². The first-order chi connectivity index (χ1) is 12.5. The lowest BCUT2D eigenvalue weighted by atomic mass is 10.2. The lowest BCUT2D eigenvalue weighted by Crippen LogP contribution is -2.12. The summed E-state index contributed by atoms with van der Waals surface area (Å²) in [5, 5.41) is 18.2. The molecule has 1 aliphatic rings. The lowest BCUT2D eigenvalue weighted by Gasteiger charge is -2.07. The van der Waals surface area contributed by atoms with E-state index in [1.807, 2.05) is 36.4 Å². The van der Waals surface area contributed by atoms with E-state index >= 15 is 0 Å². The molecule has 0 aliphatic carbocycles. The molecule has 0 amide bonds. The second kappa shape index (κ2) is 9.28. The van der Waals surface area contributed by atoms with Gasteiger partial charge in [0.25, 0.3) is 0 Å². The second-order valence-electron chi connectivity index (χ2n) is 5.25. The van der Waals surface area contributed by atoms with E-state index in [1.54, 1.807) is 7.11 Å². The maximum absolute atomic E-state index is 9.10. The summed E-state index contributed by atoms with van der Waals surface area (Å²) in [6.45, 7) is 1.90. The Morgan fingerprint density at radius 3 is 2.31 bits per heavy atom. The van der Waals surface area contributed by atoms with Crippen LogP contribution in [0.3, 0.4) is 0 Å². The van der Waals surface area contributed by atoms with Gasteiger partial charge in [-0.25, -0.2) is 9.59 Å². The zero-order valence-electron chi connectivity index (χ0n) is 14.1. The molecular weight excluding hydrogens is 342 g/mol. The van der Waals surface area contributed by atoms with Crippen molar-refractivity contribution in [3.63, 3.8) is 0 Å². The fourth-order valence-corrected chi connectivity index (χ4v) is 2.18. The number of ether oxygens (including phenoxy) is 3. The number of carbonyl (C=O) groups is 2. The topological polar surface area (TPSA) is 114 Å². The van der Waals surface area contributed by atoms with Crippen molar-refractivity contribution < 1.29 is 34.0 Å². The van der Waals surface area contributed by atoms with E-state index in [9.17, 15) is 0 Å². The van der Waals surface area contributed by atoms with Gasteiger partial charge in [0.1, 0.15) is 5.75 Å². The SMILES string of the molecule is COc1cccc(CNCc2ccc3c(c2)OCO3)c1.O=C(O)C(=O)O. The van der Waals surface area contributed by atoms with Gasteiger partial charge in [0, 0.05) is 13.1 Å². The van der Waals surface area contributed by atoms with Crippen LogP contribution in [0.25, 0.3) is 0 Å². The molecule has 8 nitrogen and oxygen atoms in total. The number of hydrogen-bond donors (Lipinski definition) is 3. The fraction of sp³-hybridized carbons (Fsp3) is 0.222. The highest BCUT2D eigenvalue weighted by atomic mass is 16.7. The monoisotopic (exact) mass is 361 g/mol. The van der Waals surface area contributed by atoms with E-state index in [0.717, 1.165) is 30.3 Å². The fourth-order valence-electron chi connectivity index (χ4n) is 2.18. The molecule has 26 heavy (non-hydrogen) atoms. The normalized spacial score (nSPS) is 11.3. The number of nitrogens with one attached hydrogen (secondary N) is 1. The van der Waals surface area contributed by atoms with Crippen molar-refractivity contribution in [1.82, 2.24) is 5.32 Å². The molecule has 3 N–H and O–H groups in total. The summed E-state index contributed by atoms with van der Waals surface area (Å²) in [5.41, 5.74) is 2.38. The Kier molecular flexibility index (Phi) is 6.81. The predicted octanol–water partition coefficient (Wildman–Crippen LogP) is 1.87. The van der Waals surface area contributed by atoms with Crippen LogP contribution in [-0.4, -0.2) is 36.1 Å². The Labute approximate surface area is 149 Å². The van der Waals surface area contributed by atoms with Crippen molar-refractivity contribution in [2.45, 2.75) is 13.1 Å². The molecule has 1 heterocycles. The molecule has 0 spiro atoms. The minimum Gasteiger partial charge on any atom is -0.497 e. The Morgan fingerprint density at radius 2 is 1.65 bits per heavy atom. The quantitative estimate of drug-likeness (QED) is 0.692. The maximum Gasteiger partial charge on any atom is 0.414 e. The van der Waals surface area contributed by atoms with Gasteiger partial charge in [0.15, 0.2) is 11.5 Å². The van der Waals surface area contributed by atoms with Crippen LogP contribution in [0.4, 0.5) is 0 Å². The predicted molar refractivity (Wildman–Crippen MR) is 91.4 cm³/mol. The third kappa shape index (κ3) is 5.67. The van der Waals surface area contributed by atoms with Crippen molar-refractivity contribution >= 4 is 11.9 Å². The number of hydrogen-bond acceptors (Lipinski definition) is 6. The van der Waals surface area contributed by atoms with Crippen LogP contribution in [0, 0.1) is 0 Å². The summed E-state index contributed by atoms with van der Waals surface area (Å²) in [7, 11) is 1.68. The first-order valence-electron chi connectivity index (χ1n) is 7.68. The van der Waals surface area contributed by atoms with Gasteiger partial charge in [-0.15, -0.1) is 0 Å². The zero-order valence-corrected chi connectivity index (χ0v) is 14.1. The second-order valence-corrected chi connectivity index (χ2v) is 5.25. The van der Waals surface area contributed by atoms with Crippen molar-refractivity contribution in [2.75, 3.05) is 13.9 Å². The summed E-state index contributed by atoms with van der Waals surface area (Å²) in [4.78, 5) is 18.2. The first kappa shape index (κ1) is 19.1. The number of rotatable bonds is 5. The van der Waals surface area contributed by atoms with Gasteiger partial charge in [-0.3, -0.25) is 0 Å². The van der Waals surface area contributed by atoms with E-state index in [0.29, 0.717) is 6.79 Å². The molecule has 0 unspecified atom stereocenters. The van der Waals surface area contributed by atoms with Crippen LogP contribution in [0.2, 0.25) is 0 Å². The molecule has 0 fully saturated rings. The average Bonchev–Trinajstić information content (AvgIpc) is 3.10. The highest BCUT2D eigenvalue weighted by Crippen LogP contribution is 2.32. The molecule has 0 radical (unpaired) electrons. The molecule has 138 valence electrons. The van der Waals surface area contributed by atoms with E-state index in [-0.39, 0.29) is 0 Å². The minimum absolute atomic E-state index is 0.316. The van der Waals surface area contributed by atoms with Gasteiger partial charge >= 0.3 is 11.9 Å². The number of aliphatic carboxylic acids is 2. The number of carboxylic acid groups (broad SMARTS) is 2. The minimum atomic E-state index is -1.82.